The highest BCUT2D eigenvalue weighted by atomic mass is 16.3. The Morgan fingerprint density at radius 2 is 2.12 bits per heavy atom. The number of rotatable bonds is 2. The Morgan fingerprint density at radius 3 is 2.81 bits per heavy atom. The zero-order chi connectivity index (χ0) is 11.5. The van der Waals surface area contributed by atoms with Crippen LogP contribution < -0.4 is 5.32 Å². The van der Waals surface area contributed by atoms with Crippen LogP contribution in [0.25, 0.3) is 0 Å². The summed E-state index contributed by atoms with van der Waals surface area (Å²) in [5.74, 6) is -0.169. The van der Waals surface area contributed by atoms with Crippen molar-refractivity contribution in [1.82, 2.24) is 15.3 Å². The van der Waals surface area contributed by atoms with Gasteiger partial charge in [-0.2, -0.15) is 0 Å². The number of aromatic nitrogens is 2. The van der Waals surface area contributed by atoms with Gasteiger partial charge in [-0.05, 0) is 32.9 Å². The number of carbonyl (C=O) groups is 1. The Bertz CT molecular complexity index is 400. The summed E-state index contributed by atoms with van der Waals surface area (Å²) < 4.78 is 0. The summed E-state index contributed by atoms with van der Waals surface area (Å²) in [6.07, 6.45) is 2.94. The molecule has 2 heterocycles. The van der Waals surface area contributed by atoms with Gasteiger partial charge >= 0.3 is 0 Å². The van der Waals surface area contributed by atoms with Gasteiger partial charge < -0.3 is 10.4 Å². The molecule has 0 aromatic carbocycles. The summed E-state index contributed by atoms with van der Waals surface area (Å²) in [5, 5.41) is 12.9. The monoisotopic (exact) mass is 221 g/mol. The van der Waals surface area contributed by atoms with Crippen molar-refractivity contribution in [2.24, 2.45) is 5.92 Å². The summed E-state index contributed by atoms with van der Waals surface area (Å²) in [4.78, 5) is 19.8. The van der Waals surface area contributed by atoms with E-state index in [-0.39, 0.29) is 23.1 Å². The summed E-state index contributed by atoms with van der Waals surface area (Å²) >= 11 is 0. The lowest BCUT2D eigenvalue weighted by Crippen LogP contribution is -2.32. The van der Waals surface area contributed by atoms with Gasteiger partial charge in [-0.15, -0.1) is 0 Å². The van der Waals surface area contributed by atoms with Crippen molar-refractivity contribution in [1.29, 1.82) is 0 Å². The molecule has 1 aromatic rings. The van der Waals surface area contributed by atoms with Gasteiger partial charge in [-0.3, -0.25) is 4.79 Å². The molecule has 2 N–H and O–H groups in total. The molecule has 1 fully saturated rings. The molecular formula is C11H15N3O2. The van der Waals surface area contributed by atoms with Crippen molar-refractivity contribution in [3.63, 3.8) is 0 Å². The van der Waals surface area contributed by atoms with Crippen LogP contribution in [-0.4, -0.2) is 33.9 Å². The first-order chi connectivity index (χ1) is 7.70. The highest BCUT2D eigenvalue weighted by Gasteiger charge is 2.26. The Balaban J connectivity index is 2.22. The van der Waals surface area contributed by atoms with Crippen LogP contribution in [0.15, 0.2) is 6.33 Å². The molecule has 1 aliphatic heterocycles. The largest absolute Gasteiger partial charge is 0.504 e. The van der Waals surface area contributed by atoms with Crippen LogP contribution in [0.5, 0.6) is 5.75 Å². The fraction of sp³-hybridized carbons (Fsp3) is 0.545. The molecular weight excluding hydrogens is 206 g/mol. The summed E-state index contributed by atoms with van der Waals surface area (Å²) in [5.41, 5.74) is 0.617. The van der Waals surface area contributed by atoms with Crippen LogP contribution in [0.1, 0.15) is 29.0 Å². The Kier molecular flexibility index (Phi) is 3.14. The maximum Gasteiger partial charge on any atom is 0.188 e. The second-order valence-electron chi connectivity index (χ2n) is 4.04. The Labute approximate surface area is 93.9 Å². The second kappa shape index (κ2) is 4.57. The zero-order valence-corrected chi connectivity index (χ0v) is 9.23. The third kappa shape index (κ3) is 2.04. The van der Waals surface area contributed by atoms with E-state index in [4.69, 9.17) is 0 Å². The molecule has 0 atom stereocenters. The van der Waals surface area contributed by atoms with Crippen LogP contribution in [0.3, 0.4) is 0 Å². The standard InChI is InChI=1S/C11H15N3O2/c1-7-10(15)9(14-6-13-7)11(16)8-2-4-12-5-3-8/h6,8,12,15H,2-5H2,1H3. The lowest BCUT2D eigenvalue weighted by Gasteiger charge is -2.21. The van der Waals surface area contributed by atoms with E-state index < -0.39 is 0 Å². The molecule has 2 rings (SSSR count). The highest BCUT2D eigenvalue weighted by molar-refractivity contribution is 5.98. The number of piperidine rings is 1. The molecule has 86 valence electrons. The van der Waals surface area contributed by atoms with E-state index in [2.05, 4.69) is 15.3 Å². The van der Waals surface area contributed by atoms with Crippen molar-refractivity contribution in [3.05, 3.63) is 17.7 Å². The van der Waals surface area contributed by atoms with Crippen LogP contribution >= 0.6 is 0 Å². The van der Waals surface area contributed by atoms with E-state index in [9.17, 15) is 9.90 Å². The number of hydrogen-bond acceptors (Lipinski definition) is 5. The molecule has 0 unspecified atom stereocenters. The molecule has 0 aliphatic carbocycles. The van der Waals surface area contributed by atoms with Gasteiger partial charge in [-0.25, -0.2) is 9.97 Å². The SMILES string of the molecule is Cc1ncnc(C(=O)C2CCNCC2)c1O. The number of Topliss-reactive ketones (excluding diaryl/α,β-unsaturated/α-hetero) is 1. The first-order valence-electron chi connectivity index (χ1n) is 5.45. The minimum Gasteiger partial charge on any atom is -0.504 e. The molecule has 0 radical (unpaired) electrons. The van der Waals surface area contributed by atoms with Crippen molar-refractivity contribution in [3.8, 4) is 5.75 Å². The minimum atomic E-state index is -0.0777. The Morgan fingerprint density at radius 1 is 1.44 bits per heavy atom. The molecule has 5 heteroatoms. The van der Waals surface area contributed by atoms with Crippen molar-refractivity contribution >= 4 is 5.78 Å². The van der Waals surface area contributed by atoms with E-state index in [1.165, 1.54) is 6.33 Å². The second-order valence-corrected chi connectivity index (χ2v) is 4.04. The normalized spacial score (nSPS) is 17.3. The fourth-order valence-electron chi connectivity index (χ4n) is 1.92. The predicted octanol–water partition coefficient (Wildman–Crippen LogP) is 0.673. The predicted molar refractivity (Wildman–Crippen MR) is 58.4 cm³/mol. The number of hydrogen-bond donors (Lipinski definition) is 2. The third-order valence-corrected chi connectivity index (χ3v) is 2.95. The van der Waals surface area contributed by atoms with Gasteiger partial charge in [-0.1, -0.05) is 0 Å². The summed E-state index contributed by atoms with van der Waals surface area (Å²) in [6.45, 7) is 3.36. The highest BCUT2D eigenvalue weighted by Crippen LogP contribution is 2.23. The third-order valence-electron chi connectivity index (χ3n) is 2.95. The number of aryl methyl sites for hydroxylation is 1. The maximum absolute atomic E-state index is 12.1. The van der Waals surface area contributed by atoms with E-state index in [0.717, 1.165) is 25.9 Å². The van der Waals surface area contributed by atoms with Gasteiger partial charge in [0.25, 0.3) is 0 Å². The molecule has 5 nitrogen and oxygen atoms in total. The molecule has 0 bridgehead atoms. The maximum atomic E-state index is 12.1. The van der Waals surface area contributed by atoms with Crippen molar-refractivity contribution in [2.45, 2.75) is 19.8 Å². The molecule has 1 aromatic heterocycles. The number of nitrogens with one attached hydrogen (secondary N) is 1. The molecule has 16 heavy (non-hydrogen) atoms. The van der Waals surface area contributed by atoms with E-state index in [0.29, 0.717) is 5.69 Å². The topological polar surface area (TPSA) is 75.1 Å². The number of aromatic hydroxyl groups is 1. The van der Waals surface area contributed by atoms with Crippen LogP contribution in [0.4, 0.5) is 0 Å². The average molecular weight is 221 g/mol. The van der Waals surface area contributed by atoms with Crippen LogP contribution in [0.2, 0.25) is 0 Å². The van der Waals surface area contributed by atoms with E-state index >= 15 is 0 Å². The lowest BCUT2D eigenvalue weighted by molar-refractivity contribution is 0.0886. The van der Waals surface area contributed by atoms with Gasteiger partial charge in [0.15, 0.2) is 17.2 Å². The van der Waals surface area contributed by atoms with E-state index in [1.807, 2.05) is 0 Å². The van der Waals surface area contributed by atoms with Crippen LogP contribution in [0, 0.1) is 12.8 Å². The fourth-order valence-corrected chi connectivity index (χ4v) is 1.92. The van der Waals surface area contributed by atoms with Gasteiger partial charge in [0.05, 0.1) is 5.69 Å². The van der Waals surface area contributed by atoms with Crippen LogP contribution in [-0.2, 0) is 0 Å². The number of carbonyl (C=O) groups excluding carboxylic acids is 1. The summed E-state index contributed by atoms with van der Waals surface area (Å²) in [6, 6.07) is 0. The molecule has 1 aliphatic rings. The molecule has 0 spiro atoms. The Hall–Kier alpha value is -1.49. The van der Waals surface area contributed by atoms with Crippen molar-refractivity contribution in [2.75, 3.05) is 13.1 Å². The molecule has 1 saturated heterocycles. The van der Waals surface area contributed by atoms with Gasteiger partial charge in [0.1, 0.15) is 6.33 Å². The van der Waals surface area contributed by atoms with E-state index in [1.54, 1.807) is 6.92 Å². The van der Waals surface area contributed by atoms with Gasteiger partial charge in [0, 0.05) is 5.92 Å². The van der Waals surface area contributed by atoms with Gasteiger partial charge in [0.2, 0.25) is 0 Å². The number of ketones is 1. The quantitative estimate of drug-likeness (QED) is 0.718. The first kappa shape index (κ1) is 11.0. The number of nitrogens with zero attached hydrogens (tertiary/aromatic N) is 2. The molecule has 0 saturated carbocycles. The van der Waals surface area contributed by atoms with Crippen molar-refractivity contribution < 1.29 is 9.90 Å². The lowest BCUT2D eigenvalue weighted by atomic mass is 9.91. The smallest absolute Gasteiger partial charge is 0.188 e. The average Bonchev–Trinajstić information content (AvgIpc) is 2.33. The molecule has 0 amide bonds. The summed E-state index contributed by atoms with van der Waals surface area (Å²) in [7, 11) is 0. The minimum absolute atomic E-state index is 0.0264. The zero-order valence-electron chi connectivity index (χ0n) is 9.23. The first-order valence-corrected chi connectivity index (χ1v) is 5.45.